The van der Waals surface area contributed by atoms with Gasteiger partial charge in [0.25, 0.3) is 0 Å². The highest BCUT2D eigenvalue weighted by Gasteiger charge is 2.60. The summed E-state index contributed by atoms with van der Waals surface area (Å²) in [5.74, 6) is 0.675. The fourth-order valence-corrected chi connectivity index (χ4v) is 3.94. The molecule has 0 aliphatic heterocycles. The monoisotopic (exact) mass is 244 g/mol. The van der Waals surface area contributed by atoms with Crippen molar-refractivity contribution in [1.82, 2.24) is 10.2 Å². The van der Waals surface area contributed by atoms with Crippen LogP contribution in [0.2, 0.25) is 0 Å². The van der Waals surface area contributed by atoms with Crippen LogP contribution < -0.4 is 0 Å². The number of hydrogen-bond donors (Lipinski definition) is 0. The first kappa shape index (κ1) is 12.1. The van der Waals surface area contributed by atoms with E-state index in [9.17, 15) is 0 Å². The first-order valence-corrected chi connectivity index (χ1v) is 7.06. The Kier molecular flexibility index (Phi) is 2.12. The number of fused-ring (bicyclic) bond motifs is 5. The Morgan fingerprint density at radius 3 is 2.44 bits per heavy atom. The number of nitrogens with zero attached hydrogens (tertiary/aromatic N) is 2. The van der Waals surface area contributed by atoms with E-state index < -0.39 is 0 Å². The second-order valence-electron chi connectivity index (χ2n) is 7.93. The molecule has 2 bridgehead atoms. The number of aromatic nitrogens is 2. The molecule has 1 fully saturated rings. The molecule has 1 aromatic heterocycles. The zero-order chi connectivity index (χ0) is 13.3. The van der Waals surface area contributed by atoms with E-state index in [1.807, 2.05) is 0 Å². The Morgan fingerprint density at radius 1 is 1.17 bits per heavy atom. The summed E-state index contributed by atoms with van der Waals surface area (Å²) in [6.45, 7) is 13.8. The van der Waals surface area contributed by atoms with Crippen molar-refractivity contribution in [2.45, 2.75) is 71.1 Å². The van der Waals surface area contributed by atoms with Gasteiger partial charge in [0.1, 0.15) is 0 Å². The molecule has 2 heteroatoms. The van der Waals surface area contributed by atoms with Gasteiger partial charge in [-0.3, -0.25) is 0 Å². The van der Waals surface area contributed by atoms with Gasteiger partial charge in [-0.1, -0.05) is 41.5 Å². The third kappa shape index (κ3) is 1.24. The normalized spacial score (nSPS) is 32.7. The topological polar surface area (TPSA) is 25.8 Å². The van der Waals surface area contributed by atoms with Crippen molar-refractivity contribution in [2.75, 3.05) is 0 Å². The van der Waals surface area contributed by atoms with E-state index >= 15 is 0 Å². The SMILES string of the molecule is CC(C)(C)c1cc2c(nn1)[C@@]1(C)CC[C@@H]2C1(C)C. The van der Waals surface area contributed by atoms with E-state index in [0.29, 0.717) is 11.3 Å². The first-order chi connectivity index (χ1) is 8.18. The molecule has 0 aromatic carbocycles. The molecule has 1 saturated carbocycles. The summed E-state index contributed by atoms with van der Waals surface area (Å²) in [5.41, 5.74) is 4.55. The van der Waals surface area contributed by atoms with Gasteiger partial charge in [0, 0.05) is 10.8 Å². The molecule has 0 N–H and O–H groups in total. The maximum absolute atomic E-state index is 4.63. The zero-order valence-electron chi connectivity index (χ0n) is 12.5. The summed E-state index contributed by atoms with van der Waals surface area (Å²) in [7, 11) is 0. The van der Waals surface area contributed by atoms with Crippen molar-refractivity contribution < 1.29 is 0 Å². The lowest BCUT2D eigenvalue weighted by Crippen LogP contribution is -2.32. The van der Waals surface area contributed by atoms with Crippen LogP contribution in [0.25, 0.3) is 0 Å². The van der Waals surface area contributed by atoms with Crippen LogP contribution in [0, 0.1) is 5.41 Å². The maximum Gasteiger partial charge on any atom is 0.0730 e. The molecule has 3 rings (SSSR count). The second-order valence-corrected chi connectivity index (χ2v) is 7.93. The van der Waals surface area contributed by atoms with Crippen molar-refractivity contribution >= 4 is 0 Å². The van der Waals surface area contributed by atoms with Crippen molar-refractivity contribution in [3.8, 4) is 0 Å². The Hall–Kier alpha value is -0.920. The summed E-state index contributed by atoms with van der Waals surface area (Å²) in [6.07, 6.45) is 2.58. The Bertz CT molecular complexity index is 510. The maximum atomic E-state index is 4.63. The lowest BCUT2D eigenvalue weighted by atomic mass is 9.70. The van der Waals surface area contributed by atoms with Crippen LogP contribution in [0.15, 0.2) is 6.07 Å². The van der Waals surface area contributed by atoms with Gasteiger partial charge in [-0.25, -0.2) is 0 Å². The minimum atomic E-state index is 0.0922. The molecule has 0 unspecified atom stereocenters. The number of hydrogen-bond acceptors (Lipinski definition) is 2. The van der Waals surface area contributed by atoms with Crippen LogP contribution in [0.3, 0.4) is 0 Å². The highest BCUT2D eigenvalue weighted by Crippen LogP contribution is 2.67. The van der Waals surface area contributed by atoms with Crippen LogP contribution in [0.1, 0.15) is 77.3 Å². The largest absolute Gasteiger partial charge is 0.155 e. The molecule has 2 aliphatic carbocycles. The quantitative estimate of drug-likeness (QED) is 0.690. The fraction of sp³-hybridized carbons (Fsp3) is 0.750. The van der Waals surface area contributed by atoms with Gasteiger partial charge in [0.05, 0.1) is 11.4 Å². The number of rotatable bonds is 0. The van der Waals surface area contributed by atoms with Crippen LogP contribution in [-0.4, -0.2) is 10.2 Å². The minimum absolute atomic E-state index is 0.0922. The van der Waals surface area contributed by atoms with Crippen LogP contribution in [0.4, 0.5) is 0 Å². The van der Waals surface area contributed by atoms with Gasteiger partial charge in [-0.2, -0.15) is 10.2 Å². The summed E-state index contributed by atoms with van der Waals surface area (Å²) >= 11 is 0. The molecule has 2 nitrogen and oxygen atoms in total. The standard InChI is InChI=1S/C16H24N2/c1-14(2,3)12-9-10-11-7-8-16(6,15(11,4)5)13(10)18-17-12/h9,11H,7-8H2,1-6H3/t11-,16+/m0/s1. The molecule has 2 aliphatic rings. The van der Waals surface area contributed by atoms with E-state index in [2.05, 4.69) is 57.8 Å². The van der Waals surface area contributed by atoms with Crippen molar-refractivity contribution in [3.63, 3.8) is 0 Å². The van der Waals surface area contributed by atoms with Gasteiger partial charge < -0.3 is 0 Å². The average molecular weight is 244 g/mol. The highest BCUT2D eigenvalue weighted by molar-refractivity contribution is 5.45. The predicted molar refractivity (Wildman–Crippen MR) is 73.8 cm³/mol. The second kappa shape index (κ2) is 3.15. The van der Waals surface area contributed by atoms with Gasteiger partial charge in [0.2, 0.25) is 0 Å². The molecular weight excluding hydrogens is 220 g/mol. The van der Waals surface area contributed by atoms with E-state index in [0.717, 1.165) is 5.69 Å². The highest BCUT2D eigenvalue weighted by atomic mass is 15.1. The Morgan fingerprint density at radius 2 is 1.83 bits per heavy atom. The Labute approximate surface area is 110 Å². The van der Waals surface area contributed by atoms with Crippen molar-refractivity contribution in [1.29, 1.82) is 0 Å². The van der Waals surface area contributed by atoms with E-state index in [1.165, 1.54) is 24.1 Å². The van der Waals surface area contributed by atoms with Crippen LogP contribution in [-0.2, 0) is 10.8 Å². The molecule has 18 heavy (non-hydrogen) atoms. The lowest BCUT2D eigenvalue weighted by Gasteiger charge is -2.34. The van der Waals surface area contributed by atoms with Gasteiger partial charge in [-0.05, 0) is 35.8 Å². The molecule has 0 spiro atoms. The molecular formula is C16H24N2. The van der Waals surface area contributed by atoms with Crippen LogP contribution in [0.5, 0.6) is 0 Å². The molecule has 0 amide bonds. The minimum Gasteiger partial charge on any atom is -0.155 e. The smallest absolute Gasteiger partial charge is 0.0730 e. The average Bonchev–Trinajstić information content (AvgIpc) is 2.58. The molecule has 0 saturated heterocycles. The van der Waals surface area contributed by atoms with Crippen LogP contribution >= 0.6 is 0 Å². The summed E-state index contributed by atoms with van der Waals surface area (Å²) in [4.78, 5) is 0. The molecule has 98 valence electrons. The third-order valence-corrected chi connectivity index (χ3v) is 5.72. The van der Waals surface area contributed by atoms with Crippen molar-refractivity contribution in [3.05, 3.63) is 23.0 Å². The molecule has 2 atom stereocenters. The zero-order valence-corrected chi connectivity index (χ0v) is 12.5. The first-order valence-electron chi connectivity index (χ1n) is 7.06. The van der Waals surface area contributed by atoms with Gasteiger partial charge in [-0.15, -0.1) is 0 Å². The van der Waals surface area contributed by atoms with Crippen molar-refractivity contribution in [2.24, 2.45) is 5.41 Å². The molecule has 0 radical (unpaired) electrons. The Balaban J connectivity index is 2.19. The summed E-state index contributed by atoms with van der Waals surface area (Å²) in [6, 6.07) is 2.33. The molecule has 1 heterocycles. The van der Waals surface area contributed by atoms with E-state index in [1.54, 1.807) is 0 Å². The molecule has 1 aromatic rings. The van der Waals surface area contributed by atoms with E-state index in [4.69, 9.17) is 0 Å². The lowest BCUT2D eigenvalue weighted by molar-refractivity contribution is 0.226. The third-order valence-electron chi connectivity index (χ3n) is 5.72. The van der Waals surface area contributed by atoms with Gasteiger partial charge in [0.15, 0.2) is 0 Å². The summed E-state index contributed by atoms with van der Waals surface area (Å²) < 4.78 is 0. The predicted octanol–water partition coefficient (Wildman–Crippen LogP) is 3.95. The van der Waals surface area contributed by atoms with E-state index in [-0.39, 0.29) is 10.8 Å². The fourth-order valence-electron chi connectivity index (χ4n) is 3.94. The van der Waals surface area contributed by atoms with Gasteiger partial charge >= 0.3 is 0 Å². The summed E-state index contributed by atoms with van der Waals surface area (Å²) in [5, 5.41) is 9.13.